The van der Waals surface area contributed by atoms with Gasteiger partial charge < -0.3 is 0 Å². The van der Waals surface area contributed by atoms with Gasteiger partial charge in [0.05, 0.1) is 10.6 Å². The number of hydrogen-bond donors (Lipinski definition) is 0. The molecule has 0 spiro atoms. The Morgan fingerprint density at radius 3 is 2.76 bits per heavy atom. The second kappa shape index (κ2) is 5.29. The van der Waals surface area contributed by atoms with E-state index in [0.717, 1.165) is 9.35 Å². The molecule has 0 aliphatic heterocycles. The van der Waals surface area contributed by atoms with Gasteiger partial charge in [0.1, 0.15) is 5.82 Å². The van der Waals surface area contributed by atoms with Crippen LogP contribution in [0, 0.1) is 5.82 Å². The highest BCUT2D eigenvalue weighted by molar-refractivity contribution is 9.10. The first-order valence-electron chi connectivity index (χ1n) is 4.78. The van der Waals surface area contributed by atoms with Gasteiger partial charge in [-0.2, -0.15) is 0 Å². The molecule has 0 aliphatic carbocycles. The number of rotatable bonds is 3. The zero-order valence-corrected chi connectivity index (χ0v) is 11.7. The molecule has 0 unspecified atom stereocenters. The van der Waals surface area contributed by atoms with Crippen LogP contribution in [0.4, 0.5) is 4.39 Å². The van der Waals surface area contributed by atoms with Crippen molar-refractivity contribution < 1.29 is 9.18 Å². The molecule has 0 atom stereocenters. The van der Waals surface area contributed by atoms with Crippen LogP contribution in [0.25, 0.3) is 0 Å². The Kier molecular flexibility index (Phi) is 3.97. The van der Waals surface area contributed by atoms with Gasteiger partial charge in [0.25, 0.3) is 0 Å². The van der Waals surface area contributed by atoms with E-state index in [1.165, 1.54) is 29.5 Å². The van der Waals surface area contributed by atoms with E-state index in [9.17, 15) is 9.18 Å². The van der Waals surface area contributed by atoms with Crippen molar-refractivity contribution in [2.45, 2.75) is 6.42 Å². The second-order valence-corrected chi connectivity index (χ2v) is 5.65. The van der Waals surface area contributed by atoms with E-state index < -0.39 is 5.82 Å². The summed E-state index contributed by atoms with van der Waals surface area (Å²) in [5.74, 6) is -0.883. The van der Waals surface area contributed by atoms with Crippen LogP contribution in [-0.2, 0) is 6.42 Å². The van der Waals surface area contributed by atoms with Crippen molar-refractivity contribution in [3.05, 3.63) is 55.4 Å². The zero-order valence-electron chi connectivity index (χ0n) is 8.54. The highest BCUT2D eigenvalue weighted by Crippen LogP contribution is 2.26. The van der Waals surface area contributed by atoms with Crippen LogP contribution in [0.3, 0.4) is 0 Å². The average Bonchev–Trinajstić information content (AvgIpc) is 2.64. The van der Waals surface area contributed by atoms with E-state index in [1.54, 1.807) is 0 Å². The van der Waals surface area contributed by atoms with Crippen LogP contribution in [0.5, 0.6) is 0 Å². The summed E-state index contributed by atoms with van der Waals surface area (Å²) in [6.45, 7) is 0. The summed E-state index contributed by atoms with van der Waals surface area (Å²) in [5, 5.41) is 2.03. The van der Waals surface area contributed by atoms with E-state index in [-0.39, 0.29) is 22.8 Å². The molecule has 0 N–H and O–H groups in total. The van der Waals surface area contributed by atoms with Crippen LogP contribution in [0.15, 0.2) is 34.1 Å². The molecule has 1 aromatic heterocycles. The molecule has 2 aromatic rings. The van der Waals surface area contributed by atoms with Crippen LogP contribution in [0.2, 0.25) is 5.02 Å². The number of ketones is 1. The smallest absolute Gasteiger partial charge is 0.172 e. The summed E-state index contributed by atoms with van der Waals surface area (Å²) < 4.78 is 14.4. The first kappa shape index (κ1) is 12.7. The standard InChI is InChI=1S/C12H7BrClFOS/c13-7-4-5-17-11(7)6-10(16)12-8(14)2-1-3-9(12)15/h1-5H,6H2. The van der Waals surface area contributed by atoms with Crippen LogP contribution in [-0.4, -0.2) is 5.78 Å². The van der Waals surface area contributed by atoms with Crippen molar-refractivity contribution in [1.82, 2.24) is 0 Å². The molecule has 5 heteroatoms. The first-order valence-corrected chi connectivity index (χ1v) is 6.83. The Labute approximate surface area is 115 Å². The number of carbonyl (C=O) groups excluding carboxylic acids is 1. The third kappa shape index (κ3) is 2.76. The number of carbonyl (C=O) groups is 1. The lowest BCUT2D eigenvalue weighted by Crippen LogP contribution is -2.06. The third-order valence-corrected chi connectivity index (χ3v) is 4.50. The highest BCUT2D eigenvalue weighted by atomic mass is 79.9. The summed E-state index contributed by atoms with van der Waals surface area (Å²) in [4.78, 5) is 12.8. The number of Topliss-reactive ketones (excluding diaryl/α,β-unsaturated/α-hetero) is 1. The fourth-order valence-corrected chi connectivity index (χ4v) is 3.21. The summed E-state index contributed by atoms with van der Waals surface area (Å²) in [6, 6.07) is 6.09. The minimum atomic E-state index is -0.574. The van der Waals surface area contributed by atoms with Gasteiger partial charge in [0.2, 0.25) is 0 Å². The predicted octanol–water partition coefficient (Wildman–Crippen LogP) is 4.73. The summed E-state index contributed by atoms with van der Waals surface area (Å²) in [6.07, 6.45) is 0.152. The van der Waals surface area contributed by atoms with Crippen molar-refractivity contribution in [2.24, 2.45) is 0 Å². The summed E-state index contributed by atoms with van der Waals surface area (Å²) in [5.41, 5.74) is -0.0329. The van der Waals surface area contributed by atoms with Crippen molar-refractivity contribution in [3.8, 4) is 0 Å². The molecule has 88 valence electrons. The van der Waals surface area contributed by atoms with Gasteiger partial charge in [-0.25, -0.2) is 4.39 Å². The number of halogens is 3. The van der Waals surface area contributed by atoms with Crippen molar-refractivity contribution in [3.63, 3.8) is 0 Å². The van der Waals surface area contributed by atoms with Gasteiger partial charge in [0, 0.05) is 15.8 Å². The maximum absolute atomic E-state index is 13.5. The Morgan fingerprint density at radius 2 is 2.18 bits per heavy atom. The topological polar surface area (TPSA) is 17.1 Å². The molecule has 0 fully saturated rings. The average molecular weight is 334 g/mol. The molecule has 0 radical (unpaired) electrons. The first-order chi connectivity index (χ1) is 8.09. The minimum absolute atomic E-state index is 0.0329. The maximum atomic E-state index is 13.5. The van der Waals surface area contributed by atoms with Gasteiger partial charge in [-0.1, -0.05) is 17.7 Å². The molecular formula is C12H7BrClFOS. The number of benzene rings is 1. The summed E-state index contributed by atoms with van der Waals surface area (Å²) in [7, 11) is 0. The molecule has 1 aromatic carbocycles. The molecule has 17 heavy (non-hydrogen) atoms. The second-order valence-electron chi connectivity index (χ2n) is 3.39. The third-order valence-electron chi connectivity index (χ3n) is 2.25. The van der Waals surface area contributed by atoms with E-state index in [1.807, 2.05) is 11.4 Å². The monoisotopic (exact) mass is 332 g/mol. The number of thiophene rings is 1. The highest BCUT2D eigenvalue weighted by Gasteiger charge is 2.17. The SMILES string of the molecule is O=C(Cc1sccc1Br)c1c(F)cccc1Cl. The Hall–Kier alpha value is -0.710. The molecule has 0 bridgehead atoms. The van der Waals surface area contributed by atoms with Gasteiger partial charge in [-0.05, 0) is 39.5 Å². The van der Waals surface area contributed by atoms with Crippen molar-refractivity contribution >= 4 is 44.7 Å². The normalized spacial score (nSPS) is 10.5. The maximum Gasteiger partial charge on any atom is 0.172 e. The van der Waals surface area contributed by atoms with Crippen LogP contribution in [0.1, 0.15) is 15.2 Å². The van der Waals surface area contributed by atoms with Gasteiger partial charge in [0.15, 0.2) is 5.78 Å². The summed E-state index contributed by atoms with van der Waals surface area (Å²) >= 11 is 10.6. The molecule has 0 amide bonds. The molecule has 1 nitrogen and oxygen atoms in total. The van der Waals surface area contributed by atoms with Gasteiger partial charge in [-0.15, -0.1) is 11.3 Å². The predicted molar refractivity (Wildman–Crippen MR) is 71.5 cm³/mol. The molecule has 0 saturated carbocycles. The molecule has 2 rings (SSSR count). The largest absolute Gasteiger partial charge is 0.294 e. The molecular weight excluding hydrogens is 327 g/mol. The Bertz CT molecular complexity index is 547. The Morgan fingerprint density at radius 1 is 1.41 bits per heavy atom. The van der Waals surface area contributed by atoms with Crippen LogP contribution < -0.4 is 0 Å². The fourth-order valence-electron chi connectivity index (χ4n) is 1.45. The van der Waals surface area contributed by atoms with Gasteiger partial charge >= 0.3 is 0 Å². The van der Waals surface area contributed by atoms with Gasteiger partial charge in [-0.3, -0.25) is 4.79 Å². The quantitative estimate of drug-likeness (QED) is 0.742. The molecule has 0 saturated heterocycles. The van der Waals surface area contributed by atoms with E-state index in [4.69, 9.17) is 11.6 Å². The lowest BCUT2D eigenvalue weighted by atomic mass is 10.1. The lowest BCUT2D eigenvalue weighted by Gasteiger charge is -2.04. The molecule has 0 aliphatic rings. The minimum Gasteiger partial charge on any atom is -0.294 e. The number of hydrogen-bond acceptors (Lipinski definition) is 2. The lowest BCUT2D eigenvalue weighted by molar-refractivity contribution is 0.0990. The van der Waals surface area contributed by atoms with E-state index >= 15 is 0 Å². The fraction of sp³-hybridized carbons (Fsp3) is 0.0833. The Balaban J connectivity index is 2.30. The van der Waals surface area contributed by atoms with Crippen molar-refractivity contribution in [1.29, 1.82) is 0 Å². The van der Waals surface area contributed by atoms with E-state index in [0.29, 0.717) is 0 Å². The van der Waals surface area contributed by atoms with Crippen molar-refractivity contribution in [2.75, 3.05) is 0 Å². The zero-order chi connectivity index (χ0) is 12.4. The van der Waals surface area contributed by atoms with Crippen LogP contribution >= 0.6 is 38.9 Å². The van der Waals surface area contributed by atoms with E-state index in [2.05, 4.69) is 15.9 Å². The molecule has 1 heterocycles.